The van der Waals surface area contributed by atoms with Gasteiger partial charge in [0.05, 0.1) is 26.3 Å². The number of para-hydroxylation sites is 1. The molecule has 7 nitrogen and oxygen atoms in total. The molecule has 1 aliphatic rings. The van der Waals surface area contributed by atoms with Crippen LogP contribution in [0.2, 0.25) is 0 Å². The van der Waals surface area contributed by atoms with E-state index in [1.807, 2.05) is 18.2 Å². The fourth-order valence-corrected chi connectivity index (χ4v) is 3.65. The summed E-state index contributed by atoms with van der Waals surface area (Å²) >= 11 is 0. The number of aromatic nitrogens is 3. The van der Waals surface area contributed by atoms with E-state index in [-0.39, 0.29) is 17.8 Å². The Kier molecular flexibility index (Phi) is 5.20. The predicted molar refractivity (Wildman–Crippen MR) is 102 cm³/mol. The van der Waals surface area contributed by atoms with E-state index < -0.39 is 6.61 Å². The van der Waals surface area contributed by atoms with Crippen LogP contribution in [-0.2, 0) is 0 Å². The van der Waals surface area contributed by atoms with E-state index in [4.69, 9.17) is 14.2 Å². The van der Waals surface area contributed by atoms with Crippen LogP contribution in [0, 0.1) is 0 Å². The molecule has 0 radical (unpaired) electrons. The molecule has 1 N–H and O–H groups in total. The number of alkyl halides is 2. The Morgan fingerprint density at radius 1 is 1.07 bits per heavy atom. The van der Waals surface area contributed by atoms with E-state index in [1.165, 1.54) is 12.4 Å². The monoisotopic (exact) mass is 402 g/mol. The predicted octanol–water partition coefficient (Wildman–Crippen LogP) is 4.04. The summed E-state index contributed by atoms with van der Waals surface area (Å²) in [7, 11) is 3.19. The minimum atomic E-state index is -2.90. The Morgan fingerprint density at radius 3 is 2.66 bits per heavy atom. The first-order valence-corrected chi connectivity index (χ1v) is 9.02. The summed E-state index contributed by atoms with van der Waals surface area (Å²) in [5.74, 6) is 2.02. The van der Waals surface area contributed by atoms with Crippen molar-refractivity contribution in [3.8, 4) is 17.2 Å². The quantitative estimate of drug-likeness (QED) is 0.671. The van der Waals surface area contributed by atoms with Gasteiger partial charge in [0.2, 0.25) is 5.95 Å². The van der Waals surface area contributed by atoms with E-state index in [2.05, 4.69) is 15.4 Å². The number of methoxy groups -OCH3 is 2. The van der Waals surface area contributed by atoms with Gasteiger partial charge in [0.15, 0.2) is 0 Å². The fourth-order valence-electron chi connectivity index (χ4n) is 3.65. The number of hydrogen-bond acceptors (Lipinski definition) is 6. The van der Waals surface area contributed by atoms with Crippen molar-refractivity contribution in [1.29, 1.82) is 0 Å². The zero-order chi connectivity index (χ0) is 20.4. The molecule has 0 fully saturated rings. The number of nitrogens with zero attached hydrogens (tertiary/aromatic N) is 3. The summed E-state index contributed by atoms with van der Waals surface area (Å²) in [4.78, 5) is 4.28. The van der Waals surface area contributed by atoms with Gasteiger partial charge in [0.1, 0.15) is 23.6 Å². The Balaban J connectivity index is 1.77. The van der Waals surface area contributed by atoms with Gasteiger partial charge in [-0.2, -0.15) is 18.9 Å². The van der Waals surface area contributed by atoms with Crippen molar-refractivity contribution >= 4 is 5.95 Å². The highest BCUT2D eigenvalue weighted by molar-refractivity contribution is 5.48. The van der Waals surface area contributed by atoms with E-state index in [0.29, 0.717) is 29.4 Å². The van der Waals surface area contributed by atoms with Crippen molar-refractivity contribution in [1.82, 2.24) is 14.8 Å². The maximum Gasteiger partial charge on any atom is 0.387 e. The first kappa shape index (κ1) is 19.0. The van der Waals surface area contributed by atoms with Crippen LogP contribution in [0.4, 0.5) is 14.7 Å². The first-order valence-electron chi connectivity index (χ1n) is 9.02. The van der Waals surface area contributed by atoms with Crippen molar-refractivity contribution in [2.45, 2.75) is 25.1 Å². The molecule has 0 saturated heterocycles. The molecule has 9 heteroatoms. The summed E-state index contributed by atoms with van der Waals surface area (Å²) in [6.45, 7) is -2.90. The Labute approximate surface area is 166 Å². The standard InChI is InChI=1S/C20H20F2N4O3/c1-27-12-7-8-17(28-2)14(9-12)16-10-15(25-20-23-11-24-26(16)20)13-5-3-4-6-18(13)29-19(21)22/h3-9,11,15-16,19H,10H2,1-2H3,(H,23,24,25)/t15-,16+/m1/s1. The molecule has 0 amide bonds. The van der Waals surface area contributed by atoms with Gasteiger partial charge in [-0.05, 0) is 30.7 Å². The minimum Gasteiger partial charge on any atom is -0.497 e. The van der Waals surface area contributed by atoms with E-state index in [1.54, 1.807) is 37.1 Å². The van der Waals surface area contributed by atoms with Crippen LogP contribution in [0.25, 0.3) is 0 Å². The maximum absolute atomic E-state index is 12.9. The summed E-state index contributed by atoms with van der Waals surface area (Å²) in [6, 6.07) is 11.7. The van der Waals surface area contributed by atoms with Crippen LogP contribution in [-0.4, -0.2) is 35.6 Å². The van der Waals surface area contributed by atoms with Crippen molar-refractivity contribution in [2.75, 3.05) is 19.5 Å². The maximum atomic E-state index is 12.9. The average Bonchev–Trinajstić information content (AvgIpc) is 3.21. The molecule has 0 bridgehead atoms. The Hall–Kier alpha value is -3.36. The lowest BCUT2D eigenvalue weighted by Gasteiger charge is -2.33. The molecule has 4 rings (SSSR count). The second kappa shape index (κ2) is 7.94. The van der Waals surface area contributed by atoms with Gasteiger partial charge in [-0.25, -0.2) is 4.68 Å². The largest absolute Gasteiger partial charge is 0.497 e. The zero-order valence-electron chi connectivity index (χ0n) is 15.9. The molecule has 1 aliphatic heterocycles. The molecule has 0 saturated carbocycles. The van der Waals surface area contributed by atoms with Crippen LogP contribution < -0.4 is 19.5 Å². The molecule has 1 aromatic heterocycles. The van der Waals surface area contributed by atoms with Crippen molar-refractivity contribution in [2.24, 2.45) is 0 Å². The lowest BCUT2D eigenvalue weighted by atomic mass is 9.92. The third kappa shape index (κ3) is 3.67. The molecular weight excluding hydrogens is 382 g/mol. The topological polar surface area (TPSA) is 70.4 Å². The molecule has 29 heavy (non-hydrogen) atoms. The Bertz CT molecular complexity index is 995. The van der Waals surface area contributed by atoms with E-state index in [0.717, 1.165) is 5.56 Å². The summed E-state index contributed by atoms with van der Waals surface area (Å²) in [5, 5.41) is 7.60. The van der Waals surface area contributed by atoms with Gasteiger partial charge in [0, 0.05) is 11.1 Å². The third-order valence-corrected chi connectivity index (χ3v) is 4.94. The van der Waals surface area contributed by atoms with Gasteiger partial charge in [-0.15, -0.1) is 0 Å². The van der Waals surface area contributed by atoms with Gasteiger partial charge in [0.25, 0.3) is 0 Å². The second-order valence-electron chi connectivity index (χ2n) is 6.50. The highest BCUT2D eigenvalue weighted by Gasteiger charge is 2.33. The summed E-state index contributed by atoms with van der Waals surface area (Å²) < 4.78 is 43.2. The number of anilines is 1. The van der Waals surface area contributed by atoms with Crippen LogP contribution in [0.3, 0.4) is 0 Å². The van der Waals surface area contributed by atoms with Gasteiger partial charge in [-0.1, -0.05) is 18.2 Å². The highest BCUT2D eigenvalue weighted by atomic mass is 19.3. The number of halogens is 2. The number of benzene rings is 2. The molecule has 3 aromatic rings. The number of fused-ring (bicyclic) bond motifs is 1. The number of hydrogen-bond donors (Lipinski definition) is 1. The normalized spacial score (nSPS) is 18.1. The van der Waals surface area contributed by atoms with Gasteiger partial charge < -0.3 is 19.5 Å². The lowest BCUT2D eigenvalue weighted by Crippen LogP contribution is -2.28. The minimum absolute atomic E-state index is 0.129. The van der Waals surface area contributed by atoms with Crippen molar-refractivity contribution < 1.29 is 23.0 Å². The third-order valence-electron chi connectivity index (χ3n) is 4.94. The van der Waals surface area contributed by atoms with Crippen molar-refractivity contribution in [3.05, 3.63) is 59.9 Å². The molecule has 2 atom stereocenters. The fraction of sp³-hybridized carbons (Fsp3) is 0.300. The zero-order valence-corrected chi connectivity index (χ0v) is 15.9. The van der Waals surface area contributed by atoms with E-state index >= 15 is 0 Å². The van der Waals surface area contributed by atoms with Crippen LogP contribution >= 0.6 is 0 Å². The molecule has 0 unspecified atom stereocenters. The molecule has 0 spiro atoms. The molecular formula is C20H20F2N4O3. The second-order valence-corrected chi connectivity index (χ2v) is 6.50. The number of rotatable bonds is 6. The Morgan fingerprint density at radius 2 is 1.90 bits per heavy atom. The SMILES string of the molecule is COc1ccc(OC)c([C@@H]2C[C@H](c3ccccc3OC(F)F)Nc3ncnn32)c1. The average molecular weight is 402 g/mol. The number of ether oxygens (including phenoxy) is 3. The molecule has 2 aromatic carbocycles. The first-order chi connectivity index (χ1) is 14.1. The van der Waals surface area contributed by atoms with E-state index in [9.17, 15) is 8.78 Å². The molecule has 152 valence electrons. The highest BCUT2D eigenvalue weighted by Crippen LogP contribution is 2.43. The van der Waals surface area contributed by atoms with Gasteiger partial charge in [-0.3, -0.25) is 0 Å². The van der Waals surface area contributed by atoms with Crippen LogP contribution in [0.5, 0.6) is 17.2 Å². The number of nitrogens with one attached hydrogen (secondary N) is 1. The van der Waals surface area contributed by atoms with Crippen LogP contribution in [0.15, 0.2) is 48.8 Å². The smallest absolute Gasteiger partial charge is 0.387 e. The summed E-state index contributed by atoms with van der Waals surface area (Å²) in [6.07, 6.45) is 1.97. The lowest BCUT2D eigenvalue weighted by molar-refractivity contribution is -0.0506. The summed E-state index contributed by atoms with van der Waals surface area (Å²) in [5.41, 5.74) is 1.48. The molecule has 2 heterocycles. The van der Waals surface area contributed by atoms with Crippen LogP contribution in [0.1, 0.15) is 29.6 Å². The molecule has 0 aliphatic carbocycles. The van der Waals surface area contributed by atoms with Crippen molar-refractivity contribution in [3.63, 3.8) is 0 Å². The van der Waals surface area contributed by atoms with Gasteiger partial charge >= 0.3 is 6.61 Å².